The zero-order valence-corrected chi connectivity index (χ0v) is 15.6. The molecule has 2 aliphatic rings. The van der Waals surface area contributed by atoms with Gasteiger partial charge in [-0.3, -0.25) is 4.79 Å². The van der Waals surface area contributed by atoms with Crippen molar-refractivity contribution in [3.8, 4) is 5.75 Å². The van der Waals surface area contributed by atoms with Crippen LogP contribution in [0.1, 0.15) is 34.6 Å². The lowest BCUT2D eigenvalue weighted by Crippen LogP contribution is -2.56. The smallest absolute Gasteiger partial charge is 0.431 e. The largest absolute Gasteiger partial charge is 0.497 e. The number of rotatable bonds is 2. The van der Waals surface area contributed by atoms with E-state index in [0.29, 0.717) is 56.0 Å². The molecule has 4 rings (SSSR count). The van der Waals surface area contributed by atoms with Crippen molar-refractivity contribution in [2.24, 2.45) is 0 Å². The highest BCUT2D eigenvalue weighted by molar-refractivity contribution is 5.94. The van der Waals surface area contributed by atoms with Crippen LogP contribution >= 0.6 is 0 Å². The van der Waals surface area contributed by atoms with E-state index in [2.05, 4.69) is 5.32 Å². The van der Waals surface area contributed by atoms with Crippen LogP contribution in [0.3, 0.4) is 0 Å². The van der Waals surface area contributed by atoms with E-state index in [1.165, 1.54) is 10.6 Å². The van der Waals surface area contributed by atoms with Crippen LogP contribution in [0.25, 0.3) is 0 Å². The van der Waals surface area contributed by atoms with Crippen LogP contribution in [0.2, 0.25) is 0 Å². The number of halogens is 3. The number of nitrogens with one attached hydrogen (secondary N) is 1. The molecular weight excluding hydrogens is 371 g/mol. The lowest BCUT2D eigenvalue weighted by Gasteiger charge is -2.45. The van der Waals surface area contributed by atoms with E-state index in [1.54, 1.807) is 42.3 Å². The number of ether oxygens (including phenoxy) is 1. The van der Waals surface area contributed by atoms with Crippen LogP contribution in [0, 0.1) is 0 Å². The Hall–Kier alpha value is -2.48. The van der Waals surface area contributed by atoms with Gasteiger partial charge in [0, 0.05) is 37.4 Å². The number of amides is 1. The maximum absolute atomic E-state index is 13.3. The third-order valence-corrected chi connectivity index (χ3v) is 5.80. The molecule has 0 atom stereocenters. The number of alkyl halides is 3. The van der Waals surface area contributed by atoms with E-state index in [-0.39, 0.29) is 5.91 Å². The van der Waals surface area contributed by atoms with Crippen molar-refractivity contribution in [3.63, 3.8) is 0 Å². The van der Waals surface area contributed by atoms with Gasteiger partial charge in [-0.2, -0.15) is 13.2 Å². The third kappa shape index (κ3) is 3.15. The number of nitrogens with zero attached hydrogens (tertiary/aromatic N) is 2. The molecular formula is C20H22F3N3O2. The molecule has 1 spiro atoms. The fourth-order valence-electron chi connectivity index (χ4n) is 4.31. The molecule has 1 saturated heterocycles. The molecule has 0 unspecified atom stereocenters. The first-order valence-electron chi connectivity index (χ1n) is 9.30. The predicted molar refractivity (Wildman–Crippen MR) is 97.2 cm³/mol. The van der Waals surface area contributed by atoms with E-state index in [1.807, 2.05) is 0 Å². The number of likely N-dealkylation sites (tertiary alicyclic amines) is 1. The van der Waals surface area contributed by atoms with E-state index >= 15 is 0 Å². The highest BCUT2D eigenvalue weighted by Gasteiger charge is 2.44. The summed E-state index contributed by atoms with van der Waals surface area (Å²) in [4.78, 5) is 14.5. The Labute approximate surface area is 161 Å². The summed E-state index contributed by atoms with van der Waals surface area (Å²) in [6.07, 6.45) is -3.20. The fourth-order valence-corrected chi connectivity index (χ4v) is 4.31. The van der Waals surface area contributed by atoms with Crippen LogP contribution in [-0.4, -0.2) is 42.1 Å². The highest BCUT2D eigenvalue weighted by atomic mass is 19.4. The summed E-state index contributed by atoms with van der Waals surface area (Å²) in [5.41, 5.74) is 0.136. The Morgan fingerprint density at radius 3 is 2.36 bits per heavy atom. The number of fused-ring (bicyclic) bond motifs is 2. The van der Waals surface area contributed by atoms with Gasteiger partial charge < -0.3 is 19.5 Å². The predicted octanol–water partition coefficient (Wildman–Crippen LogP) is 3.25. The summed E-state index contributed by atoms with van der Waals surface area (Å²) >= 11 is 0. The molecule has 0 radical (unpaired) electrons. The Kier molecular flexibility index (Phi) is 4.61. The van der Waals surface area contributed by atoms with Crippen molar-refractivity contribution in [1.82, 2.24) is 14.8 Å². The van der Waals surface area contributed by atoms with Gasteiger partial charge in [0.1, 0.15) is 11.4 Å². The van der Waals surface area contributed by atoms with Crippen molar-refractivity contribution in [2.75, 3.05) is 26.7 Å². The summed E-state index contributed by atoms with van der Waals surface area (Å²) < 4.78 is 46.3. The molecule has 1 fully saturated rings. The van der Waals surface area contributed by atoms with E-state index in [9.17, 15) is 18.0 Å². The Morgan fingerprint density at radius 2 is 1.75 bits per heavy atom. The van der Waals surface area contributed by atoms with Gasteiger partial charge in [-0.05, 0) is 49.2 Å². The van der Waals surface area contributed by atoms with Crippen LogP contribution in [0.15, 0.2) is 36.4 Å². The van der Waals surface area contributed by atoms with Crippen molar-refractivity contribution in [2.45, 2.75) is 31.1 Å². The van der Waals surface area contributed by atoms with Gasteiger partial charge in [-0.15, -0.1) is 0 Å². The van der Waals surface area contributed by atoms with Crippen LogP contribution in [0.5, 0.6) is 5.75 Å². The minimum Gasteiger partial charge on any atom is -0.497 e. The van der Waals surface area contributed by atoms with Crippen molar-refractivity contribution >= 4 is 5.91 Å². The third-order valence-electron chi connectivity index (χ3n) is 5.80. The van der Waals surface area contributed by atoms with Crippen molar-refractivity contribution < 1.29 is 22.7 Å². The van der Waals surface area contributed by atoms with E-state index in [0.717, 1.165) is 0 Å². The lowest BCUT2D eigenvalue weighted by atomic mass is 9.83. The van der Waals surface area contributed by atoms with E-state index in [4.69, 9.17) is 4.74 Å². The maximum atomic E-state index is 13.3. The van der Waals surface area contributed by atoms with Crippen LogP contribution in [-0.2, 0) is 18.3 Å². The minimum absolute atomic E-state index is 0.0697. The molecule has 8 heteroatoms. The van der Waals surface area contributed by atoms with Crippen LogP contribution in [0.4, 0.5) is 13.2 Å². The molecule has 1 N–H and O–H groups in total. The van der Waals surface area contributed by atoms with E-state index < -0.39 is 17.4 Å². The molecule has 5 nitrogen and oxygen atoms in total. The van der Waals surface area contributed by atoms with Gasteiger partial charge in [-0.1, -0.05) is 0 Å². The van der Waals surface area contributed by atoms with Gasteiger partial charge in [-0.25, -0.2) is 0 Å². The lowest BCUT2D eigenvalue weighted by molar-refractivity contribution is -0.144. The summed E-state index contributed by atoms with van der Waals surface area (Å²) in [5.74, 6) is 0.612. The van der Waals surface area contributed by atoms with Crippen molar-refractivity contribution in [1.29, 1.82) is 0 Å². The highest BCUT2D eigenvalue weighted by Crippen LogP contribution is 2.40. The Bertz CT molecular complexity index is 866. The second-order valence-corrected chi connectivity index (χ2v) is 7.28. The molecule has 1 aromatic carbocycles. The molecule has 0 saturated carbocycles. The second-order valence-electron chi connectivity index (χ2n) is 7.28. The number of carbonyl (C=O) groups is 1. The summed E-state index contributed by atoms with van der Waals surface area (Å²) in [5, 5.41) is 3.43. The summed E-state index contributed by atoms with van der Waals surface area (Å²) in [7, 11) is 1.57. The standard InChI is InChI=1S/C20H22F3N3O2/c1-28-15-4-2-14(3-5-15)18(27)25-11-8-19(9-12-25)16-6-7-17(20(21,22)23)26(16)13-10-24-19/h2-7,24H,8-13H2,1H3. The molecule has 150 valence electrons. The monoisotopic (exact) mass is 393 g/mol. The number of hydrogen-bond acceptors (Lipinski definition) is 3. The Balaban J connectivity index is 1.51. The molecule has 0 aliphatic carbocycles. The first kappa shape index (κ1) is 18.9. The summed E-state index contributed by atoms with van der Waals surface area (Å²) in [6, 6.07) is 9.69. The zero-order valence-electron chi connectivity index (χ0n) is 15.6. The number of benzene rings is 1. The quantitative estimate of drug-likeness (QED) is 0.852. The van der Waals surface area contributed by atoms with Gasteiger partial charge >= 0.3 is 6.18 Å². The van der Waals surface area contributed by atoms with Gasteiger partial charge in [0.2, 0.25) is 0 Å². The summed E-state index contributed by atoms with van der Waals surface area (Å²) in [6.45, 7) is 1.76. The normalized spacial score (nSPS) is 18.8. The average Bonchev–Trinajstić information content (AvgIpc) is 3.14. The number of piperidine rings is 1. The number of hydrogen-bond donors (Lipinski definition) is 1. The van der Waals surface area contributed by atoms with Gasteiger partial charge in [0.15, 0.2) is 0 Å². The Morgan fingerprint density at radius 1 is 1.07 bits per heavy atom. The minimum atomic E-state index is -4.36. The first-order chi connectivity index (χ1) is 13.3. The fraction of sp³-hybridized carbons (Fsp3) is 0.450. The van der Waals surface area contributed by atoms with Gasteiger partial charge in [0.25, 0.3) is 5.91 Å². The first-order valence-corrected chi connectivity index (χ1v) is 9.30. The molecule has 1 aromatic heterocycles. The van der Waals surface area contributed by atoms with Crippen LogP contribution < -0.4 is 10.1 Å². The molecule has 0 bridgehead atoms. The molecule has 1 amide bonds. The SMILES string of the molecule is COc1ccc(C(=O)N2CCC3(CC2)NCCn2c(C(F)(F)F)ccc23)cc1. The number of methoxy groups -OCH3 is 1. The molecule has 2 aromatic rings. The van der Waals surface area contributed by atoms with Gasteiger partial charge in [0.05, 0.1) is 12.6 Å². The number of aromatic nitrogens is 1. The number of carbonyl (C=O) groups excluding carboxylic acids is 1. The molecule has 2 aliphatic heterocycles. The zero-order chi connectivity index (χ0) is 19.9. The van der Waals surface area contributed by atoms with Crippen molar-refractivity contribution in [3.05, 3.63) is 53.3 Å². The molecule has 28 heavy (non-hydrogen) atoms. The molecule has 3 heterocycles. The topological polar surface area (TPSA) is 46.5 Å². The second kappa shape index (κ2) is 6.84. The maximum Gasteiger partial charge on any atom is 0.431 e. The average molecular weight is 393 g/mol.